The lowest BCUT2D eigenvalue weighted by molar-refractivity contribution is 0.274. The number of aryl methyl sites for hydroxylation is 1. The maximum absolute atomic E-state index is 6.05. The summed E-state index contributed by atoms with van der Waals surface area (Å²) in [6.45, 7) is 6.70. The normalized spacial score (nSPS) is 17.1. The molecule has 0 radical (unpaired) electrons. The molecule has 138 valence electrons. The molecule has 0 spiro atoms. The molecule has 0 saturated carbocycles. The summed E-state index contributed by atoms with van der Waals surface area (Å²) in [6, 6.07) is 15.8. The van der Waals surface area contributed by atoms with E-state index in [1.54, 1.807) is 0 Å². The van der Waals surface area contributed by atoms with Gasteiger partial charge in [0.15, 0.2) is 5.58 Å². The molecule has 4 nitrogen and oxygen atoms in total. The Balaban J connectivity index is 1.48. The summed E-state index contributed by atoms with van der Waals surface area (Å²) in [6.07, 6.45) is 4.45. The molecule has 27 heavy (non-hydrogen) atoms. The van der Waals surface area contributed by atoms with Gasteiger partial charge in [0.2, 0.25) is 0 Å². The molecular formula is C23H25N3O. The number of rotatable bonds is 2. The number of oxazole rings is 1. The molecule has 0 N–H and O–H groups in total. The van der Waals surface area contributed by atoms with E-state index in [-0.39, 0.29) is 0 Å². The number of anilines is 1. The van der Waals surface area contributed by atoms with Crippen LogP contribution in [0.25, 0.3) is 33.1 Å². The van der Waals surface area contributed by atoms with Crippen LogP contribution >= 0.6 is 0 Å². The highest BCUT2D eigenvalue weighted by Crippen LogP contribution is 2.34. The van der Waals surface area contributed by atoms with Crippen molar-refractivity contribution < 1.29 is 4.42 Å². The van der Waals surface area contributed by atoms with E-state index in [0.717, 1.165) is 30.2 Å². The number of benzene rings is 2. The quantitative estimate of drug-likeness (QED) is 0.466. The van der Waals surface area contributed by atoms with Gasteiger partial charge in [-0.25, -0.2) is 0 Å². The van der Waals surface area contributed by atoms with Gasteiger partial charge in [0, 0.05) is 37.2 Å². The molecule has 4 heteroatoms. The predicted molar refractivity (Wildman–Crippen MR) is 111 cm³/mol. The Morgan fingerprint density at radius 1 is 0.963 bits per heavy atom. The van der Waals surface area contributed by atoms with Crippen molar-refractivity contribution in [2.45, 2.75) is 26.7 Å². The molecule has 1 aliphatic heterocycles. The van der Waals surface area contributed by atoms with E-state index in [2.05, 4.69) is 73.0 Å². The third-order valence-electron chi connectivity index (χ3n) is 5.98. The molecule has 0 atom stereocenters. The predicted octanol–water partition coefficient (Wildman–Crippen LogP) is 5.61. The van der Waals surface area contributed by atoms with E-state index >= 15 is 0 Å². The molecule has 5 rings (SSSR count). The van der Waals surface area contributed by atoms with E-state index in [1.807, 2.05) is 6.07 Å². The zero-order valence-corrected chi connectivity index (χ0v) is 16.2. The molecule has 0 bridgehead atoms. The fraction of sp³-hybridized carbons (Fsp3) is 0.348. The maximum atomic E-state index is 6.05. The lowest BCUT2D eigenvalue weighted by Gasteiger charge is -2.35. The monoisotopic (exact) mass is 359 g/mol. The van der Waals surface area contributed by atoms with Gasteiger partial charge in [-0.2, -0.15) is 4.98 Å². The number of hydrogen-bond acceptors (Lipinski definition) is 3. The van der Waals surface area contributed by atoms with Gasteiger partial charge in [-0.05, 0) is 59.7 Å². The summed E-state index contributed by atoms with van der Waals surface area (Å²) in [7, 11) is 2.08. The number of piperidine rings is 1. The second-order valence-corrected chi connectivity index (χ2v) is 8.53. The Morgan fingerprint density at radius 2 is 1.70 bits per heavy atom. The van der Waals surface area contributed by atoms with Gasteiger partial charge in [0.1, 0.15) is 5.52 Å². The first-order valence-electron chi connectivity index (χ1n) is 9.70. The van der Waals surface area contributed by atoms with Crippen molar-refractivity contribution in [3.8, 4) is 11.1 Å². The maximum Gasteiger partial charge on any atom is 0.298 e. The van der Waals surface area contributed by atoms with Gasteiger partial charge in [0.05, 0.1) is 0 Å². The number of nitrogens with zero attached hydrogens (tertiary/aromatic N) is 3. The first-order valence-corrected chi connectivity index (χ1v) is 9.70. The molecule has 2 aromatic heterocycles. The van der Waals surface area contributed by atoms with Crippen molar-refractivity contribution in [3.63, 3.8) is 0 Å². The van der Waals surface area contributed by atoms with Crippen molar-refractivity contribution in [2.75, 3.05) is 18.0 Å². The van der Waals surface area contributed by atoms with Gasteiger partial charge in [-0.15, -0.1) is 0 Å². The highest BCUT2D eigenvalue weighted by Gasteiger charge is 2.27. The average molecular weight is 359 g/mol. The Hall–Kier alpha value is -2.75. The van der Waals surface area contributed by atoms with E-state index in [0.29, 0.717) is 5.41 Å². The zero-order chi connectivity index (χ0) is 18.6. The summed E-state index contributed by atoms with van der Waals surface area (Å²) < 4.78 is 8.20. The van der Waals surface area contributed by atoms with Crippen LogP contribution in [-0.2, 0) is 7.05 Å². The van der Waals surface area contributed by atoms with Crippen molar-refractivity contribution in [3.05, 3.63) is 48.7 Å². The van der Waals surface area contributed by atoms with Crippen LogP contribution in [0, 0.1) is 5.41 Å². The number of fused-ring (bicyclic) bond motifs is 2. The van der Waals surface area contributed by atoms with Crippen LogP contribution in [0.15, 0.2) is 53.1 Å². The first-order chi connectivity index (χ1) is 13.0. The van der Waals surface area contributed by atoms with Gasteiger partial charge in [-0.3, -0.25) is 0 Å². The van der Waals surface area contributed by atoms with Gasteiger partial charge < -0.3 is 13.9 Å². The third kappa shape index (κ3) is 2.89. The molecule has 4 aromatic rings. The van der Waals surface area contributed by atoms with Crippen LogP contribution in [0.1, 0.15) is 26.7 Å². The Bertz CT molecular complexity index is 1130. The van der Waals surface area contributed by atoms with Crippen LogP contribution in [0.3, 0.4) is 0 Å². The van der Waals surface area contributed by atoms with E-state index < -0.39 is 0 Å². The number of hydrogen-bond donors (Lipinski definition) is 0. The molecule has 3 heterocycles. The summed E-state index contributed by atoms with van der Waals surface area (Å²) in [5, 5.41) is 1.26. The van der Waals surface area contributed by atoms with Gasteiger partial charge in [0.25, 0.3) is 6.01 Å². The summed E-state index contributed by atoms with van der Waals surface area (Å²) >= 11 is 0. The van der Waals surface area contributed by atoms with Crippen LogP contribution in [0.5, 0.6) is 0 Å². The standard InChI is InChI=1S/C23H25N3O/c1-23(2)9-12-26(13-10-23)22-24-19-15-17(5-7-21(19)27-22)16-4-6-20-18(14-16)8-11-25(20)3/h4-8,11,14-15H,9-10,12-13H2,1-3H3. The molecule has 0 unspecified atom stereocenters. The molecule has 1 saturated heterocycles. The van der Waals surface area contributed by atoms with Crippen LogP contribution in [0.4, 0.5) is 6.01 Å². The summed E-state index contributed by atoms with van der Waals surface area (Å²) in [5.74, 6) is 0. The molecule has 0 aliphatic carbocycles. The first kappa shape index (κ1) is 16.4. The fourth-order valence-corrected chi connectivity index (χ4v) is 3.99. The molecule has 0 amide bonds. The average Bonchev–Trinajstić information content (AvgIpc) is 3.24. The molecular weight excluding hydrogens is 334 g/mol. The lowest BCUT2D eigenvalue weighted by atomic mass is 9.83. The minimum absolute atomic E-state index is 0.422. The number of aromatic nitrogens is 2. The third-order valence-corrected chi connectivity index (χ3v) is 5.98. The summed E-state index contributed by atoms with van der Waals surface area (Å²) in [5.41, 5.74) is 5.84. The summed E-state index contributed by atoms with van der Waals surface area (Å²) in [4.78, 5) is 7.07. The molecule has 1 aliphatic rings. The van der Waals surface area contributed by atoms with Gasteiger partial charge >= 0.3 is 0 Å². The zero-order valence-electron chi connectivity index (χ0n) is 16.2. The van der Waals surface area contributed by atoms with Crippen molar-refractivity contribution in [1.29, 1.82) is 0 Å². The van der Waals surface area contributed by atoms with Crippen LogP contribution in [-0.4, -0.2) is 22.6 Å². The van der Waals surface area contributed by atoms with E-state index in [9.17, 15) is 0 Å². The van der Waals surface area contributed by atoms with Crippen molar-refractivity contribution in [2.24, 2.45) is 12.5 Å². The largest absolute Gasteiger partial charge is 0.423 e. The minimum atomic E-state index is 0.422. The SMILES string of the molecule is Cn1ccc2cc(-c3ccc4oc(N5CCC(C)(C)CC5)nc4c3)ccc21. The topological polar surface area (TPSA) is 34.2 Å². The van der Waals surface area contributed by atoms with Crippen LogP contribution < -0.4 is 4.90 Å². The second-order valence-electron chi connectivity index (χ2n) is 8.53. The van der Waals surface area contributed by atoms with E-state index in [1.165, 1.54) is 34.9 Å². The lowest BCUT2D eigenvalue weighted by Crippen LogP contribution is -2.37. The highest BCUT2D eigenvalue weighted by atomic mass is 16.4. The van der Waals surface area contributed by atoms with Crippen LogP contribution in [0.2, 0.25) is 0 Å². The minimum Gasteiger partial charge on any atom is -0.423 e. The molecule has 2 aromatic carbocycles. The Morgan fingerprint density at radius 3 is 2.52 bits per heavy atom. The smallest absolute Gasteiger partial charge is 0.298 e. The Labute approximate surface area is 159 Å². The second kappa shape index (κ2) is 5.88. The highest BCUT2D eigenvalue weighted by molar-refractivity contribution is 5.88. The van der Waals surface area contributed by atoms with Gasteiger partial charge in [-0.1, -0.05) is 26.0 Å². The molecule has 1 fully saturated rings. The van der Waals surface area contributed by atoms with Crippen molar-refractivity contribution >= 4 is 28.0 Å². The Kier molecular flexibility index (Phi) is 3.58. The van der Waals surface area contributed by atoms with E-state index in [4.69, 9.17) is 9.40 Å². The van der Waals surface area contributed by atoms with Crippen molar-refractivity contribution in [1.82, 2.24) is 9.55 Å². The fourth-order valence-electron chi connectivity index (χ4n) is 3.99.